The number of benzene rings is 2. The molecular weight excluding hydrogens is 272 g/mol. The molecule has 0 bridgehead atoms. The Labute approximate surface area is 133 Å². The van der Waals surface area contributed by atoms with Gasteiger partial charge in [-0.2, -0.15) is 0 Å². The van der Waals surface area contributed by atoms with Crippen LogP contribution in [0.25, 0.3) is 0 Å². The molecule has 0 unspecified atom stereocenters. The molecule has 3 atom stereocenters. The fourth-order valence-electron chi connectivity index (χ4n) is 2.69. The van der Waals surface area contributed by atoms with E-state index in [1.54, 1.807) is 0 Å². The number of rotatable bonds is 7. The van der Waals surface area contributed by atoms with Crippen LogP contribution in [0.5, 0.6) is 0 Å². The van der Waals surface area contributed by atoms with Gasteiger partial charge in [0.1, 0.15) is 0 Å². The highest BCUT2D eigenvalue weighted by molar-refractivity contribution is 5.19. The van der Waals surface area contributed by atoms with Gasteiger partial charge in [0.05, 0.1) is 6.10 Å². The number of hydrogen-bond acceptors (Lipinski definition) is 3. The van der Waals surface area contributed by atoms with Crippen molar-refractivity contribution in [2.75, 3.05) is 13.6 Å². The van der Waals surface area contributed by atoms with Crippen LogP contribution < -0.4 is 5.73 Å². The third kappa shape index (κ3) is 4.67. The summed E-state index contributed by atoms with van der Waals surface area (Å²) in [5.74, 6) is 0. The molecule has 0 saturated heterocycles. The first kappa shape index (κ1) is 16.7. The van der Waals surface area contributed by atoms with Gasteiger partial charge in [0.15, 0.2) is 0 Å². The fraction of sp³-hybridized carbons (Fsp3) is 0.368. The van der Waals surface area contributed by atoms with Crippen molar-refractivity contribution in [1.29, 1.82) is 0 Å². The van der Waals surface area contributed by atoms with Crippen molar-refractivity contribution in [3.05, 3.63) is 71.8 Å². The average Bonchev–Trinajstić information content (AvgIpc) is 2.55. The van der Waals surface area contributed by atoms with Gasteiger partial charge in [-0.3, -0.25) is 4.90 Å². The zero-order valence-corrected chi connectivity index (χ0v) is 13.4. The van der Waals surface area contributed by atoms with E-state index in [4.69, 9.17) is 5.73 Å². The minimum absolute atomic E-state index is 0.0178. The maximum absolute atomic E-state index is 10.5. The molecular formula is C19H26N2O. The number of nitrogens with zero attached hydrogens (tertiary/aromatic N) is 1. The summed E-state index contributed by atoms with van der Waals surface area (Å²) in [4.78, 5) is 2.13. The van der Waals surface area contributed by atoms with E-state index in [1.807, 2.05) is 62.5 Å². The first-order valence-corrected chi connectivity index (χ1v) is 7.80. The highest BCUT2D eigenvalue weighted by Gasteiger charge is 2.21. The predicted octanol–water partition coefficient (Wildman–Crippen LogP) is 2.61. The van der Waals surface area contributed by atoms with E-state index in [0.717, 1.165) is 18.5 Å². The normalized spacial score (nSPS) is 15.5. The summed E-state index contributed by atoms with van der Waals surface area (Å²) in [6.07, 6.45) is 0.342. The monoisotopic (exact) mass is 298 g/mol. The quantitative estimate of drug-likeness (QED) is 0.826. The van der Waals surface area contributed by atoms with E-state index in [1.165, 1.54) is 5.56 Å². The van der Waals surface area contributed by atoms with Crippen molar-refractivity contribution in [3.63, 3.8) is 0 Å². The van der Waals surface area contributed by atoms with Crippen LogP contribution in [0.1, 0.15) is 24.2 Å². The van der Waals surface area contributed by atoms with Gasteiger partial charge in [-0.05, 0) is 31.5 Å². The first-order chi connectivity index (χ1) is 10.6. The van der Waals surface area contributed by atoms with Gasteiger partial charge in [0.25, 0.3) is 0 Å². The fourth-order valence-corrected chi connectivity index (χ4v) is 2.69. The van der Waals surface area contributed by atoms with Gasteiger partial charge in [-0.25, -0.2) is 0 Å². The summed E-state index contributed by atoms with van der Waals surface area (Å²) in [6.45, 7) is 2.78. The van der Waals surface area contributed by atoms with Crippen molar-refractivity contribution in [2.45, 2.75) is 31.5 Å². The van der Waals surface area contributed by atoms with Crippen molar-refractivity contribution in [1.82, 2.24) is 4.90 Å². The molecule has 0 aliphatic heterocycles. The summed E-state index contributed by atoms with van der Waals surface area (Å²) >= 11 is 0. The minimum Gasteiger partial charge on any atom is -0.387 e. The van der Waals surface area contributed by atoms with Crippen molar-refractivity contribution in [2.24, 2.45) is 5.73 Å². The Hall–Kier alpha value is -1.68. The zero-order valence-electron chi connectivity index (χ0n) is 13.4. The highest BCUT2D eigenvalue weighted by Crippen LogP contribution is 2.20. The van der Waals surface area contributed by atoms with Crippen molar-refractivity contribution in [3.8, 4) is 0 Å². The second-order valence-electron chi connectivity index (χ2n) is 5.99. The molecule has 0 fully saturated rings. The third-order valence-corrected chi connectivity index (χ3v) is 4.16. The lowest BCUT2D eigenvalue weighted by Gasteiger charge is -2.31. The molecule has 2 aromatic rings. The summed E-state index contributed by atoms with van der Waals surface area (Å²) in [6, 6.07) is 20.1. The molecule has 0 spiro atoms. The van der Waals surface area contributed by atoms with Crippen LogP contribution in [-0.2, 0) is 6.42 Å². The predicted molar refractivity (Wildman–Crippen MR) is 91.6 cm³/mol. The highest BCUT2D eigenvalue weighted by atomic mass is 16.3. The average molecular weight is 298 g/mol. The number of aliphatic hydroxyl groups is 1. The van der Waals surface area contributed by atoms with Crippen LogP contribution in [0.2, 0.25) is 0 Å². The second kappa shape index (κ2) is 8.08. The number of aliphatic hydroxyl groups excluding tert-OH is 1. The molecule has 0 radical (unpaired) electrons. The molecule has 3 heteroatoms. The van der Waals surface area contributed by atoms with Gasteiger partial charge < -0.3 is 10.8 Å². The molecule has 3 nitrogen and oxygen atoms in total. The van der Waals surface area contributed by atoms with E-state index in [0.29, 0.717) is 0 Å². The Kier molecular flexibility index (Phi) is 6.13. The smallest absolute Gasteiger partial charge is 0.0942 e. The standard InChI is InChI=1S/C19H26N2O/c1-15(19(22)17-11-7-4-8-12-17)21(2)14-18(20)13-16-9-5-3-6-10-16/h3-12,15,18-19,22H,13-14,20H2,1-2H3/t15-,18-,19+/m0/s1. The molecule has 3 N–H and O–H groups in total. The maximum atomic E-state index is 10.5. The van der Waals surface area contributed by atoms with Crippen LogP contribution in [0.15, 0.2) is 60.7 Å². The van der Waals surface area contributed by atoms with Gasteiger partial charge >= 0.3 is 0 Å². The number of nitrogens with two attached hydrogens (primary N) is 1. The van der Waals surface area contributed by atoms with E-state index in [-0.39, 0.29) is 12.1 Å². The second-order valence-corrected chi connectivity index (χ2v) is 5.99. The lowest BCUT2D eigenvalue weighted by molar-refractivity contribution is 0.0696. The molecule has 0 aliphatic carbocycles. The lowest BCUT2D eigenvalue weighted by atomic mass is 10.0. The molecule has 118 valence electrons. The molecule has 0 amide bonds. The molecule has 0 heterocycles. The Morgan fingerprint density at radius 1 is 1.00 bits per heavy atom. The van der Waals surface area contributed by atoms with Gasteiger partial charge in [-0.15, -0.1) is 0 Å². The Balaban J connectivity index is 1.89. The molecule has 0 saturated carbocycles. The van der Waals surface area contributed by atoms with E-state index >= 15 is 0 Å². The van der Waals surface area contributed by atoms with E-state index in [2.05, 4.69) is 17.0 Å². The van der Waals surface area contributed by atoms with Crippen LogP contribution >= 0.6 is 0 Å². The molecule has 2 rings (SSSR count). The summed E-state index contributed by atoms with van der Waals surface area (Å²) < 4.78 is 0. The van der Waals surface area contributed by atoms with Crippen molar-refractivity contribution < 1.29 is 5.11 Å². The molecule has 2 aromatic carbocycles. The number of hydrogen-bond donors (Lipinski definition) is 2. The van der Waals surface area contributed by atoms with Gasteiger partial charge in [0.2, 0.25) is 0 Å². The van der Waals surface area contributed by atoms with Crippen molar-refractivity contribution >= 4 is 0 Å². The van der Waals surface area contributed by atoms with E-state index in [9.17, 15) is 5.11 Å². The van der Waals surface area contributed by atoms with Crippen LogP contribution in [0.3, 0.4) is 0 Å². The van der Waals surface area contributed by atoms with Gasteiger partial charge in [-0.1, -0.05) is 60.7 Å². The Morgan fingerprint density at radius 3 is 2.14 bits per heavy atom. The lowest BCUT2D eigenvalue weighted by Crippen LogP contribution is -2.43. The van der Waals surface area contributed by atoms with Crippen LogP contribution in [0.4, 0.5) is 0 Å². The largest absolute Gasteiger partial charge is 0.387 e. The maximum Gasteiger partial charge on any atom is 0.0942 e. The third-order valence-electron chi connectivity index (χ3n) is 4.16. The summed E-state index contributed by atoms with van der Waals surface area (Å²) in [5.41, 5.74) is 8.45. The summed E-state index contributed by atoms with van der Waals surface area (Å²) in [7, 11) is 2.02. The van der Waals surface area contributed by atoms with Crippen LogP contribution in [0, 0.1) is 0 Å². The topological polar surface area (TPSA) is 49.5 Å². The zero-order chi connectivity index (χ0) is 15.9. The number of likely N-dealkylation sites (N-methyl/N-ethyl adjacent to an activating group) is 1. The molecule has 22 heavy (non-hydrogen) atoms. The molecule has 0 aliphatic rings. The Bertz CT molecular complexity index is 544. The van der Waals surface area contributed by atoms with E-state index < -0.39 is 6.10 Å². The van der Waals surface area contributed by atoms with Crippen LogP contribution in [-0.4, -0.2) is 35.7 Å². The molecule has 0 aromatic heterocycles. The first-order valence-electron chi connectivity index (χ1n) is 7.80. The van der Waals surface area contributed by atoms with Gasteiger partial charge in [0, 0.05) is 18.6 Å². The summed E-state index contributed by atoms with van der Waals surface area (Å²) in [5, 5.41) is 10.5. The SMILES string of the molecule is C[C@@H]([C@@H](O)c1ccccc1)N(C)C[C@@H](N)Cc1ccccc1. The Morgan fingerprint density at radius 2 is 1.55 bits per heavy atom. The minimum atomic E-state index is -0.505.